The predicted molar refractivity (Wildman–Crippen MR) is 73.9 cm³/mol. The average Bonchev–Trinajstić information content (AvgIpc) is 2.81. The van der Waals surface area contributed by atoms with Gasteiger partial charge in [-0.1, -0.05) is 0 Å². The number of nitriles is 1. The van der Waals surface area contributed by atoms with Crippen molar-refractivity contribution in [2.75, 3.05) is 7.11 Å². The molecule has 4 saturated carbocycles. The van der Waals surface area contributed by atoms with Crippen LogP contribution < -0.4 is 0 Å². The molecule has 0 saturated heterocycles. The number of rotatable bonds is 3. The molecule has 4 aliphatic rings. The molecule has 4 aliphatic carbocycles. The van der Waals surface area contributed by atoms with Crippen LogP contribution in [0.15, 0.2) is 10.5 Å². The summed E-state index contributed by atoms with van der Waals surface area (Å²) in [4.78, 5) is 0. The minimum absolute atomic E-state index is 0.399. The van der Waals surface area contributed by atoms with Crippen LogP contribution in [0, 0.1) is 35.0 Å². The Labute approximate surface area is 119 Å². The summed E-state index contributed by atoms with van der Waals surface area (Å²) < 4.78 is 11.2. The first-order valence-electron chi connectivity index (χ1n) is 7.80. The SMILES string of the molecule is COCc1oc(C2C3CC4CC(C3)CC2C4)cc1C#N. The molecule has 0 aliphatic heterocycles. The van der Waals surface area contributed by atoms with Crippen LogP contribution in [-0.4, -0.2) is 7.11 Å². The molecule has 3 heteroatoms. The lowest BCUT2D eigenvalue weighted by atomic mass is 9.51. The first-order valence-corrected chi connectivity index (χ1v) is 7.80. The molecule has 0 aromatic carbocycles. The summed E-state index contributed by atoms with van der Waals surface area (Å²) in [6.07, 6.45) is 6.97. The van der Waals surface area contributed by atoms with Gasteiger partial charge in [-0.25, -0.2) is 0 Å². The smallest absolute Gasteiger partial charge is 0.147 e. The zero-order valence-corrected chi connectivity index (χ0v) is 12.0. The van der Waals surface area contributed by atoms with Crippen LogP contribution in [0.2, 0.25) is 0 Å². The molecular formula is C17H21NO2. The van der Waals surface area contributed by atoms with Gasteiger partial charge in [0.25, 0.3) is 0 Å². The van der Waals surface area contributed by atoms with E-state index in [1.54, 1.807) is 7.11 Å². The van der Waals surface area contributed by atoms with Gasteiger partial charge in [-0.2, -0.15) is 5.26 Å². The van der Waals surface area contributed by atoms with Crippen molar-refractivity contribution in [3.63, 3.8) is 0 Å². The maximum absolute atomic E-state index is 9.24. The highest BCUT2D eigenvalue weighted by molar-refractivity contribution is 5.35. The maximum atomic E-state index is 9.24. The fourth-order valence-corrected chi connectivity index (χ4v) is 5.34. The van der Waals surface area contributed by atoms with E-state index in [1.807, 2.05) is 6.07 Å². The van der Waals surface area contributed by atoms with Crippen LogP contribution in [0.4, 0.5) is 0 Å². The van der Waals surface area contributed by atoms with Crippen LogP contribution in [0.25, 0.3) is 0 Å². The summed E-state index contributed by atoms with van der Waals surface area (Å²) in [5.41, 5.74) is 0.663. The molecule has 1 aromatic heterocycles. The third-order valence-electron chi connectivity index (χ3n) is 5.78. The minimum atomic E-state index is 0.399. The lowest BCUT2D eigenvalue weighted by Crippen LogP contribution is -2.43. The first-order chi connectivity index (χ1) is 9.78. The number of furan rings is 1. The lowest BCUT2D eigenvalue weighted by Gasteiger charge is -2.53. The second-order valence-corrected chi connectivity index (χ2v) is 6.99. The summed E-state index contributed by atoms with van der Waals surface area (Å²) in [6, 6.07) is 4.24. The highest BCUT2D eigenvalue weighted by Gasteiger charge is 2.49. The van der Waals surface area contributed by atoms with Gasteiger partial charge in [-0.15, -0.1) is 0 Å². The Morgan fingerprint density at radius 1 is 1.20 bits per heavy atom. The topological polar surface area (TPSA) is 46.2 Å². The zero-order valence-electron chi connectivity index (χ0n) is 12.0. The number of hydrogen-bond acceptors (Lipinski definition) is 3. The molecule has 4 fully saturated rings. The summed E-state index contributed by atoms with van der Waals surface area (Å²) in [6.45, 7) is 0.399. The number of methoxy groups -OCH3 is 1. The fourth-order valence-electron chi connectivity index (χ4n) is 5.34. The Balaban J connectivity index is 1.66. The highest BCUT2D eigenvalue weighted by Crippen LogP contribution is 2.60. The van der Waals surface area contributed by atoms with Crippen LogP contribution in [0.3, 0.4) is 0 Å². The Hall–Kier alpha value is -1.27. The van der Waals surface area contributed by atoms with Crippen molar-refractivity contribution in [2.24, 2.45) is 23.7 Å². The average molecular weight is 271 g/mol. The largest absolute Gasteiger partial charge is 0.462 e. The molecule has 0 radical (unpaired) electrons. The monoisotopic (exact) mass is 271 g/mol. The van der Waals surface area contributed by atoms with E-state index in [0.29, 0.717) is 23.8 Å². The number of hydrogen-bond donors (Lipinski definition) is 0. The van der Waals surface area contributed by atoms with E-state index in [0.717, 1.165) is 29.4 Å². The van der Waals surface area contributed by atoms with Gasteiger partial charge in [0.05, 0.1) is 5.56 Å². The predicted octanol–water partition coefficient (Wildman–Crippen LogP) is 3.84. The van der Waals surface area contributed by atoms with Gasteiger partial charge < -0.3 is 9.15 Å². The Bertz CT molecular complexity index is 526. The van der Waals surface area contributed by atoms with Gasteiger partial charge in [-0.3, -0.25) is 0 Å². The van der Waals surface area contributed by atoms with Crippen LogP contribution in [-0.2, 0) is 11.3 Å². The maximum Gasteiger partial charge on any atom is 0.147 e. The molecule has 20 heavy (non-hydrogen) atoms. The molecule has 4 bridgehead atoms. The number of nitrogens with zero attached hydrogens (tertiary/aromatic N) is 1. The molecule has 0 spiro atoms. The van der Waals surface area contributed by atoms with Crippen LogP contribution in [0.1, 0.15) is 55.1 Å². The normalized spacial score (nSPS) is 38.1. The zero-order chi connectivity index (χ0) is 13.7. The van der Waals surface area contributed by atoms with E-state index in [-0.39, 0.29) is 0 Å². The van der Waals surface area contributed by atoms with Crippen LogP contribution >= 0.6 is 0 Å². The van der Waals surface area contributed by atoms with Gasteiger partial charge in [0, 0.05) is 13.0 Å². The van der Waals surface area contributed by atoms with E-state index in [2.05, 4.69) is 6.07 Å². The van der Waals surface area contributed by atoms with E-state index in [9.17, 15) is 5.26 Å². The van der Waals surface area contributed by atoms with Crippen molar-refractivity contribution in [1.29, 1.82) is 5.26 Å². The fraction of sp³-hybridized carbons (Fsp3) is 0.706. The first kappa shape index (κ1) is 12.5. The molecule has 0 N–H and O–H groups in total. The summed E-state index contributed by atoms with van der Waals surface area (Å²) >= 11 is 0. The lowest BCUT2D eigenvalue weighted by molar-refractivity contribution is -0.0104. The molecule has 0 unspecified atom stereocenters. The quantitative estimate of drug-likeness (QED) is 0.839. The Kier molecular flexibility index (Phi) is 2.89. The van der Waals surface area contributed by atoms with Gasteiger partial charge in [-0.05, 0) is 61.8 Å². The second-order valence-electron chi connectivity index (χ2n) is 6.99. The van der Waals surface area contributed by atoms with Crippen LogP contribution in [0.5, 0.6) is 0 Å². The molecule has 1 aromatic rings. The molecule has 1 heterocycles. The van der Waals surface area contributed by atoms with Crippen molar-refractivity contribution < 1.29 is 9.15 Å². The third-order valence-corrected chi connectivity index (χ3v) is 5.78. The molecule has 5 rings (SSSR count). The van der Waals surface area contributed by atoms with Gasteiger partial charge in [0.15, 0.2) is 0 Å². The standard InChI is InChI=1S/C17H21NO2/c1-19-9-16-14(8-18)7-15(20-16)17-12-3-10-2-11(5-12)6-13(17)4-10/h7,10-13,17H,2-6,9H2,1H3. The van der Waals surface area contributed by atoms with Crippen molar-refractivity contribution in [1.82, 2.24) is 0 Å². The molecule has 3 nitrogen and oxygen atoms in total. The van der Waals surface area contributed by atoms with Crippen molar-refractivity contribution >= 4 is 0 Å². The summed E-state index contributed by atoms with van der Waals surface area (Å²) in [5, 5.41) is 9.24. The number of ether oxygens (including phenoxy) is 1. The highest BCUT2D eigenvalue weighted by atomic mass is 16.5. The van der Waals surface area contributed by atoms with Gasteiger partial charge >= 0.3 is 0 Å². The molecule has 0 atom stereocenters. The van der Waals surface area contributed by atoms with E-state index < -0.39 is 0 Å². The molecule has 106 valence electrons. The van der Waals surface area contributed by atoms with Crippen molar-refractivity contribution in [3.8, 4) is 6.07 Å². The van der Waals surface area contributed by atoms with Gasteiger partial charge in [0.2, 0.25) is 0 Å². The summed E-state index contributed by atoms with van der Waals surface area (Å²) in [5.74, 6) is 5.84. The van der Waals surface area contributed by atoms with E-state index in [4.69, 9.17) is 9.15 Å². The van der Waals surface area contributed by atoms with Crippen molar-refractivity contribution in [2.45, 2.75) is 44.6 Å². The molecular weight excluding hydrogens is 250 g/mol. The minimum Gasteiger partial charge on any atom is -0.462 e. The summed E-state index contributed by atoms with van der Waals surface area (Å²) in [7, 11) is 1.65. The van der Waals surface area contributed by atoms with E-state index in [1.165, 1.54) is 32.1 Å². The Morgan fingerprint density at radius 2 is 1.85 bits per heavy atom. The molecule has 0 amide bonds. The Morgan fingerprint density at radius 3 is 2.40 bits per heavy atom. The third kappa shape index (κ3) is 1.82. The van der Waals surface area contributed by atoms with Crippen molar-refractivity contribution in [3.05, 3.63) is 23.2 Å². The van der Waals surface area contributed by atoms with Gasteiger partial charge in [0.1, 0.15) is 24.2 Å². The second kappa shape index (κ2) is 4.63. The van der Waals surface area contributed by atoms with E-state index >= 15 is 0 Å².